The first-order chi connectivity index (χ1) is 7.54. The lowest BCUT2D eigenvalue weighted by molar-refractivity contribution is 0.0714. The van der Waals surface area contributed by atoms with Crippen molar-refractivity contribution in [1.82, 2.24) is 0 Å². The smallest absolute Gasteiger partial charge is 0.122 e. The largest absolute Gasteiger partial charge is 0.491 e. The monoisotopic (exact) mass is 222 g/mol. The maximum Gasteiger partial charge on any atom is 0.122 e. The standard InChI is InChI=1S/C14H22O2/c1-10(2)13-7-6-11(3)14(8-13)16-9-12(4)15-5/h6-8,10,12H,9H2,1-5H3. The average molecular weight is 222 g/mol. The molecule has 1 unspecified atom stereocenters. The van der Waals surface area contributed by atoms with E-state index in [1.54, 1.807) is 7.11 Å². The van der Waals surface area contributed by atoms with Crippen molar-refractivity contribution >= 4 is 0 Å². The Balaban J connectivity index is 2.74. The Hall–Kier alpha value is -1.02. The fourth-order valence-electron chi connectivity index (χ4n) is 1.41. The van der Waals surface area contributed by atoms with Crippen molar-refractivity contribution in [3.8, 4) is 5.75 Å². The second-order valence-corrected chi connectivity index (χ2v) is 4.54. The number of aryl methyl sites for hydroxylation is 1. The molecule has 2 nitrogen and oxygen atoms in total. The average Bonchev–Trinajstić information content (AvgIpc) is 2.27. The predicted molar refractivity (Wildman–Crippen MR) is 67.2 cm³/mol. The summed E-state index contributed by atoms with van der Waals surface area (Å²) >= 11 is 0. The molecule has 0 heterocycles. The van der Waals surface area contributed by atoms with Gasteiger partial charge in [0.25, 0.3) is 0 Å². The molecule has 0 aliphatic rings. The van der Waals surface area contributed by atoms with E-state index in [2.05, 4.69) is 39.0 Å². The van der Waals surface area contributed by atoms with Crippen molar-refractivity contribution in [2.45, 2.75) is 39.7 Å². The molecule has 2 heteroatoms. The highest BCUT2D eigenvalue weighted by atomic mass is 16.5. The third-order valence-corrected chi connectivity index (χ3v) is 2.75. The van der Waals surface area contributed by atoms with E-state index in [1.807, 2.05) is 6.92 Å². The highest BCUT2D eigenvalue weighted by Gasteiger charge is 2.06. The molecule has 1 aromatic carbocycles. The van der Waals surface area contributed by atoms with Crippen LogP contribution in [0.15, 0.2) is 18.2 Å². The van der Waals surface area contributed by atoms with E-state index in [0.29, 0.717) is 12.5 Å². The third kappa shape index (κ3) is 3.53. The second kappa shape index (κ2) is 5.90. The van der Waals surface area contributed by atoms with E-state index >= 15 is 0 Å². The van der Waals surface area contributed by atoms with E-state index in [4.69, 9.17) is 9.47 Å². The summed E-state index contributed by atoms with van der Waals surface area (Å²) in [6.45, 7) is 9.04. The van der Waals surface area contributed by atoms with Gasteiger partial charge in [-0.1, -0.05) is 26.0 Å². The molecule has 0 amide bonds. The molecule has 0 spiro atoms. The molecule has 0 aromatic heterocycles. The molecule has 0 radical (unpaired) electrons. The Morgan fingerprint density at radius 3 is 2.44 bits per heavy atom. The zero-order valence-corrected chi connectivity index (χ0v) is 10.9. The van der Waals surface area contributed by atoms with Gasteiger partial charge in [-0.25, -0.2) is 0 Å². The number of methoxy groups -OCH3 is 1. The summed E-state index contributed by atoms with van der Waals surface area (Å²) in [5, 5.41) is 0. The minimum atomic E-state index is 0.127. The van der Waals surface area contributed by atoms with Crippen molar-refractivity contribution in [2.75, 3.05) is 13.7 Å². The quantitative estimate of drug-likeness (QED) is 0.758. The Labute approximate surface area is 98.6 Å². The minimum Gasteiger partial charge on any atom is -0.491 e. The van der Waals surface area contributed by atoms with Gasteiger partial charge in [0.1, 0.15) is 12.4 Å². The maximum absolute atomic E-state index is 5.76. The molecule has 16 heavy (non-hydrogen) atoms. The van der Waals surface area contributed by atoms with E-state index in [9.17, 15) is 0 Å². The lowest BCUT2D eigenvalue weighted by atomic mass is 10.0. The molecular formula is C14H22O2. The number of rotatable bonds is 5. The Morgan fingerprint density at radius 2 is 1.88 bits per heavy atom. The predicted octanol–water partition coefficient (Wildman–Crippen LogP) is 3.53. The van der Waals surface area contributed by atoms with Gasteiger partial charge in [-0.2, -0.15) is 0 Å². The van der Waals surface area contributed by atoms with Gasteiger partial charge in [-0.3, -0.25) is 0 Å². The van der Waals surface area contributed by atoms with Crippen LogP contribution in [0.4, 0.5) is 0 Å². The molecule has 90 valence electrons. The fourth-order valence-corrected chi connectivity index (χ4v) is 1.41. The summed E-state index contributed by atoms with van der Waals surface area (Å²) in [6.07, 6.45) is 0.127. The van der Waals surface area contributed by atoms with Crippen molar-refractivity contribution in [1.29, 1.82) is 0 Å². The summed E-state index contributed by atoms with van der Waals surface area (Å²) in [4.78, 5) is 0. The van der Waals surface area contributed by atoms with Crippen LogP contribution < -0.4 is 4.74 Å². The van der Waals surface area contributed by atoms with E-state index in [1.165, 1.54) is 11.1 Å². The highest BCUT2D eigenvalue weighted by molar-refractivity contribution is 5.37. The summed E-state index contributed by atoms with van der Waals surface area (Å²) in [5.41, 5.74) is 2.48. The molecule has 0 bridgehead atoms. The van der Waals surface area contributed by atoms with Gasteiger partial charge < -0.3 is 9.47 Å². The van der Waals surface area contributed by atoms with E-state index in [-0.39, 0.29) is 6.10 Å². The van der Waals surface area contributed by atoms with Crippen LogP contribution in [0.5, 0.6) is 5.75 Å². The molecule has 0 saturated carbocycles. The first kappa shape index (κ1) is 13.0. The molecule has 0 saturated heterocycles. The zero-order valence-electron chi connectivity index (χ0n) is 10.9. The summed E-state index contributed by atoms with van der Waals surface area (Å²) in [5.74, 6) is 1.50. The van der Waals surface area contributed by atoms with Crippen LogP contribution in [0.2, 0.25) is 0 Å². The van der Waals surface area contributed by atoms with Crippen LogP contribution in [-0.4, -0.2) is 19.8 Å². The van der Waals surface area contributed by atoms with Crippen LogP contribution in [0, 0.1) is 6.92 Å². The Bertz CT molecular complexity index is 332. The molecule has 0 fully saturated rings. The van der Waals surface area contributed by atoms with Crippen molar-refractivity contribution < 1.29 is 9.47 Å². The SMILES string of the molecule is COC(C)COc1cc(C(C)C)ccc1C. The molecule has 1 aromatic rings. The van der Waals surface area contributed by atoms with Gasteiger partial charge in [0, 0.05) is 7.11 Å². The van der Waals surface area contributed by atoms with E-state index < -0.39 is 0 Å². The second-order valence-electron chi connectivity index (χ2n) is 4.54. The van der Waals surface area contributed by atoms with E-state index in [0.717, 1.165) is 5.75 Å². The first-order valence-corrected chi connectivity index (χ1v) is 5.80. The molecular weight excluding hydrogens is 200 g/mol. The Kier molecular flexibility index (Phi) is 4.81. The van der Waals surface area contributed by atoms with Crippen LogP contribution in [-0.2, 0) is 4.74 Å². The highest BCUT2D eigenvalue weighted by Crippen LogP contribution is 2.24. The van der Waals surface area contributed by atoms with Gasteiger partial charge in [0.15, 0.2) is 0 Å². The van der Waals surface area contributed by atoms with Gasteiger partial charge >= 0.3 is 0 Å². The number of benzene rings is 1. The lowest BCUT2D eigenvalue weighted by Gasteiger charge is -2.15. The van der Waals surface area contributed by atoms with Crippen LogP contribution in [0.3, 0.4) is 0 Å². The van der Waals surface area contributed by atoms with Crippen LogP contribution in [0.1, 0.15) is 37.8 Å². The fraction of sp³-hybridized carbons (Fsp3) is 0.571. The number of ether oxygens (including phenoxy) is 2. The van der Waals surface area contributed by atoms with Gasteiger partial charge in [0.2, 0.25) is 0 Å². The number of hydrogen-bond acceptors (Lipinski definition) is 2. The van der Waals surface area contributed by atoms with Gasteiger partial charge in [0.05, 0.1) is 6.10 Å². The molecule has 1 atom stereocenters. The molecule has 0 aliphatic carbocycles. The first-order valence-electron chi connectivity index (χ1n) is 5.80. The van der Waals surface area contributed by atoms with Crippen molar-refractivity contribution in [3.63, 3.8) is 0 Å². The van der Waals surface area contributed by atoms with Crippen LogP contribution >= 0.6 is 0 Å². The maximum atomic E-state index is 5.76. The Morgan fingerprint density at radius 1 is 1.19 bits per heavy atom. The third-order valence-electron chi connectivity index (χ3n) is 2.75. The normalized spacial score (nSPS) is 12.9. The summed E-state index contributed by atoms with van der Waals surface area (Å²) in [7, 11) is 1.70. The summed E-state index contributed by atoms with van der Waals surface area (Å²) in [6, 6.07) is 6.40. The topological polar surface area (TPSA) is 18.5 Å². The van der Waals surface area contributed by atoms with Crippen LogP contribution in [0.25, 0.3) is 0 Å². The van der Waals surface area contributed by atoms with Crippen molar-refractivity contribution in [2.24, 2.45) is 0 Å². The molecule has 1 rings (SSSR count). The lowest BCUT2D eigenvalue weighted by Crippen LogP contribution is -2.16. The van der Waals surface area contributed by atoms with Gasteiger partial charge in [-0.15, -0.1) is 0 Å². The summed E-state index contributed by atoms with van der Waals surface area (Å²) < 4.78 is 10.9. The van der Waals surface area contributed by atoms with Gasteiger partial charge in [-0.05, 0) is 37.0 Å². The molecule has 0 N–H and O–H groups in total. The zero-order chi connectivity index (χ0) is 12.1. The molecule has 0 aliphatic heterocycles. The minimum absolute atomic E-state index is 0.127. The van der Waals surface area contributed by atoms with Crippen molar-refractivity contribution in [3.05, 3.63) is 29.3 Å². The number of hydrogen-bond donors (Lipinski definition) is 0.